The molecule has 1 N–H and O–H groups in total. The lowest BCUT2D eigenvalue weighted by atomic mass is 10.2. The van der Waals surface area contributed by atoms with E-state index in [9.17, 15) is 5.11 Å². The van der Waals surface area contributed by atoms with E-state index >= 15 is 0 Å². The van der Waals surface area contributed by atoms with Gasteiger partial charge < -0.3 is 5.11 Å². The number of hydrogen-bond donors (Lipinski definition) is 1. The van der Waals surface area contributed by atoms with Crippen molar-refractivity contribution in [2.45, 2.75) is 27.7 Å². The molecule has 1 aromatic rings. The number of benzene rings is 1. The Kier molecular flexibility index (Phi) is 7.08. The average molecular weight is 204 g/mol. The molecule has 0 saturated carbocycles. The SMILES string of the molecule is CC.C\C=C/C=c1/cccc(O)/c1=C/C. The Morgan fingerprint density at radius 2 is 1.80 bits per heavy atom. The molecule has 0 aliphatic carbocycles. The van der Waals surface area contributed by atoms with Crippen LogP contribution in [-0.2, 0) is 0 Å². The van der Waals surface area contributed by atoms with Crippen molar-refractivity contribution >= 4 is 12.2 Å². The highest BCUT2D eigenvalue weighted by Crippen LogP contribution is 1.94. The zero-order chi connectivity index (χ0) is 11.7. The molecule has 1 heteroatoms. The second kappa shape index (κ2) is 7.86. The van der Waals surface area contributed by atoms with Gasteiger partial charge >= 0.3 is 0 Å². The van der Waals surface area contributed by atoms with Gasteiger partial charge in [-0.2, -0.15) is 0 Å². The smallest absolute Gasteiger partial charge is 0.123 e. The van der Waals surface area contributed by atoms with E-state index in [2.05, 4.69) is 0 Å². The maximum Gasteiger partial charge on any atom is 0.123 e. The Morgan fingerprint density at radius 1 is 1.13 bits per heavy atom. The third-order valence-electron chi connectivity index (χ3n) is 1.87. The van der Waals surface area contributed by atoms with Crippen LogP contribution in [0.5, 0.6) is 5.75 Å². The Bertz CT molecular complexity index is 413. The normalized spacial score (nSPS) is 12.8. The number of phenols is 1. The van der Waals surface area contributed by atoms with Crippen LogP contribution in [-0.4, -0.2) is 5.11 Å². The quantitative estimate of drug-likeness (QED) is 0.745. The molecule has 0 spiro atoms. The molecule has 0 heterocycles. The summed E-state index contributed by atoms with van der Waals surface area (Å²) in [5.41, 5.74) is 0. The highest BCUT2D eigenvalue weighted by atomic mass is 16.3. The van der Waals surface area contributed by atoms with Gasteiger partial charge in [0.25, 0.3) is 0 Å². The summed E-state index contributed by atoms with van der Waals surface area (Å²) in [6.45, 7) is 7.89. The zero-order valence-corrected chi connectivity index (χ0v) is 9.99. The third-order valence-corrected chi connectivity index (χ3v) is 1.87. The van der Waals surface area contributed by atoms with Crippen LogP contribution in [0.4, 0.5) is 0 Å². The van der Waals surface area contributed by atoms with Crippen molar-refractivity contribution in [1.29, 1.82) is 0 Å². The van der Waals surface area contributed by atoms with Gasteiger partial charge in [-0.15, -0.1) is 0 Å². The van der Waals surface area contributed by atoms with Crippen LogP contribution in [0.15, 0.2) is 30.4 Å². The summed E-state index contributed by atoms with van der Waals surface area (Å²) >= 11 is 0. The fourth-order valence-electron chi connectivity index (χ4n) is 1.23. The van der Waals surface area contributed by atoms with Gasteiger partial charge in [0.1, 0.15) is 5.75 Å². The van der Waals surface area contributed by atoms with Crippen molar-refractivity contribution in [1.82, 2.24) is 0 Å². The molecule has 0 aliphatic heterocycles. The van der Waals surface area contributed by atoms with Gasteiger partial charge in [0.05, 0.1) is 0 Å². The molecule has 0 unspecified atom stereocenters. The van der Waals surface area contributed by atoms with Crippen LogP contribution in [0.1, 0.15) is 27.7 Å². The Morgan fingerprint density at radius 3 is 2.33 bits per heavy atom. The van der Waals surface area contributed by atoms with Gasteiger partial charge in [-0.1, -0.05) is 50.3 Å². The van der Waals surface area contributed by atoms with E-state index in [1.807, 2.05) is 64.1 Å². The minimum absolute atomic E-state index is 0.334. The van der Waals surface area contributed by atoms with Gasteiger partial charge in [-0.05, 0) is 25.1 Å². The molecule has 1 aromatic carbocycles. The highest BCUT2D eigenvalue weighted by Gasteiger charge is 1.89. The summed E-state index contributed by atoms with van der Waals surface area (Å²) in [4.78, 5) is 0. The maximum atomic E-state index is 9.52. The monoisotopic (exact) mass is 204 g/mol. The van der Waals surface area contributed by atoms with E-state index in [-0.39, 0.29) is 0 Å². The summed E-state index contributed by atoms with van der Waals surface area (Å²) in [5, 5.41) is 11.4. The van der Waals surface area contributed by atoms with E-state index in [0.717, 1.165) is 10.4 Å². The standard InChI is InChI=1S/C12H14O.C2H6/c1-3-5-7-10-8-6-9-12(13)11(10)4-2;1-2/h3-9,13H,1-2H3;1-2H3/b5-3-,10-7-,11-4+;. The highest BCUT2D eigenvalue weighted by molar-refractivity contribution is 5.42. The molecule has 0 atom stereocenters. The predicted molar refractivity (Wildman–Crippen MR) is 68.1 cm³/mol. The van der Waals surface area contributed by atoms with Crippen molar-refractivity contribution < 1.29 is 5.11 Å². The molecule has 1 rings (SSSR count). The minimum atomic E-state index is 0.334. The fourth-order valence-corrected chi connectivity index (χ4v) is 1.23. The van der Waals surface area contributed by atoms with Gasteiger partial charge in [0.15, 0.2) is 0 Å². The lowest BCUT2D eigenvalue weighted by molar-refractivity contribution is 0.470. The maximum absolute atomic E-state index is 9.52. The van der Waals surface area contributed by atoms with E-state index in [1.165, 1.54) is 0 Å². The molecule has 0 fully saturated rings. The second-order valence-corrected chi connectivity index (χ2v) is 2.76. The van der Waals surface area contributed by atoms with E-state index < -0.39 is 0 Å². The lowest BCUT2D eigenvalue weighted by Crippen LogP contribution is -2.23. The number of aromatic hydroxyl groups is 1. The van der Waals surface area contributed by atoms with Crippen molar-refractivity contribution in [2.24, 2.45) is 0 Å². The van der Waals surface area contributed by atoms with Gasteiger partial charge in [0, 0.05) is 5.22 Å². The number of hydrogen-bond acceptors (Lipinski definition) is 1. The topological polar surface area (TPSA) is 20.2 Å². The number of allylic oxidation sites excluding steroid dienone is 2. The predicted octanol–water partition coefficient (Wildman–Crippen LogP) is 2.58. The van der Waals surface area contributed by atoms with Crippen molar-refractivity contribution in [3.8, 4) is 5.75 Å². The van der Waals surface area contributed by atoms with Gasteiger partial charge in [0.2, 0.25) is 0 Å². The molecule has 15 heavy (non-hydrogen) atoms. The zero-order valence-electron chi connectivity index (χ0n) is 9.99. The van der Waals surface area contributed by atoms with Gasteiger partial charge in [-0.3, -0.25) is 0 Å². The Labute approximate surface area is 92.1 Å². The molecule has 1 nitrogen and oxygen atoms in total. The van der Waals surface area contributed by atoms with Crippen LogP contribution < -0.4 is 10.4 Å². The molecular weight excluding hydrogens is 184 g/mol. The number of phenolic OH excluding ortho intramolecular Hbond substituents is 1. The van der Waals surface area contributed by atoms with Crippen molar-refractivity contribution in [2.75, 3.05) is 0 Å². The minimum Gasteiger partial charge on any atom is -0.507 e. The molecule has 0 saturated heterocycles. The van der Waals surface area contributed by atoms with E-state index in [4.69, 9.17) is 0 Å². The molecule has 0 bridgehead atoms. The first-order valence-corrected chi connectivity index (χ1v) is 5.37. The molecule has 82 valence electrons. The first-order valence-electron chi connectivity index (χ1n) is 5.37. The molecule has 0 radical (unpaired) electrons. The summed E-state index contributed by atoms with van der Waals surface area (Å²) in [6, 6.07) is 5.52. The third kappa shape index (κ3) is 4.03. The number of rotatable bonds is 1. The summed E-state index contributed by atoms with van der Waals surface area (Å²) < 4.78 is 0. The largest absolute Gasteiger partial charge is 0.507 e. The summed E-state index contributed by atoms with van der Waals surface area (Å²) in [6.07, 6.45) is 7.81. The van der Waals surface area contributed by atoms with E-state index in [1.54, 1.807) is 6.07 Å². The van der Waals surface area contributed by atoms with Crippen LogP contribution >= 0.6 is 0 Å². The second-order valence-electron chi connectivity index (χ2n) is 2.76. The first kappa shape index (κ1) is 13.5. The lowest BCUT2D eigenvalue weighted by Gasteiger charge is -1.93. The molecule has 0 aromatic heterocycles. The fraction of sp³-hybridized carbons (Fsp3) is 0.286. The van der Waals surface area contributed by atoms with Crippen LogP contribution in [0.3, 0.4) is 0 Å². The van der Waals surface area contributed by atoms with Crippen molar-refractivity contribution in [3.63, 3.8) is 0 Å². The average Bonchev–Trinajstić information content (AvgIpc) is 2.29. The van der Waals surface area contributed by atoms with Crippen LogP contribution in [0, 0.1) is 0 Å². The Balaban J connectivity index is 0.000000921. The van der Waals surface area contributed by atoms with Crippen LogP contribution in [0.2, 0.25) is 0 Å². The van der Waals surface area contributed by atoms with E-state index in [0.29, 0.717) is 5.75 Å². The first-order chi connectivity index (χ1) is 7.29. The van der Waals surface area contributed by atoms with Crippen LogP contribution in [0.25, 0.3) is 12.2 Å². The Hall–Kier alpha value is -1.50. The summed E-state index contributed by atoms with van der Waals surface area (Å²) in [7, 11) is 0. The molecule has 0 amide bonds. The molecule has 0 aliphatic rings. The summed E-state index contributed by atoms with van der Waals surface area (Å²) in [5.74, 6) is 0.334. The molecular formula is C14H20O. The van der Waals surface area contributed by atoms with Crippen molar-refractivity contribution in [3.05, 3.63) is 40.8 Å². The van der Waals surface area contributed by atoms with Gasteiger partial charge in [-0.25, -0.2) is 0 Å².